The highest BCUT2D eigenvalue weighted by atomic mass is 19.1. The van der Waals surface area contributed by atoms with Crippen LogP contribution in [0.1, 0.15) is 36.8 Å². The smallest absolute Gasteiger partial charge is 0.159 e. The molecular formula is C30H38FNO3. The number of halogens is 1. The fraction of sp³-hybridized carbons (Fsp3) is 0.400. The van der Waals surface area contributed by atoms with Gasteiger partial charge in [-0.15, -0.1) is 0 Å². The number of phenols is 1. The highest BCUT2D eigenvalue weighted by molar-refractivity contribution is 5.46. The molecule has 1 heterocycles. The summed E-state index contributed by atoms with van der Waals surface area (Å²) in [6, 6.07) is 24.5. The van der Waals surface area contributed by atoms with Crippen molar-refractivity contribution in [3.05, 3.63) is 95.8 Å². The minimum Gasteiger partial charge on any atom is -0.508 e. The van der Waals surface area contributed by atoms with E-state index in [-0.39, 0.29) is 12.1 Å². The van der Waals surface area contributed by atoms with Crippen LogP contribution in [-0.2, 0) is 22.3 Å². The van der Waals surface area contributed by atoms with E-state index in [1.54, 1.807) is 32.4 Å². The lowest BCUT2D eigenvalue weighted by atomic mass is 9.92. The summed E-state index contributed by atoms with van der Waals surface area (Å²) in [5.74, 6) is 0.650. The van der Waals surface area contributed by atoms with Crippen molar-refractivity contribution in [1.82, 2.24) is 0 Å². The molecule has 35 heavy (non-hydrogen) atoms. The van der Waals surface area contributed by atoms with Crippen LogP contribution in [0.4, 0.5) is 10.1 Å². The predicted octanol–water partition coefficient (Wildman–Crippen LogP) is 6.62. The van der Waals surface area contributed by atoms with Gasteiger partial charge in [-0.3, -0.25) is 0 Å². The Balaban J connectivity index is 0.000000169. The first-order chi connectivity index (χ1) is 17.1. The third-order valence-electron chi connectivity index (χ3n) is 6.56. The number of piperidine rings is 1. The number of hydrogen-bond acceptors (Lipinski definition) is 4. The zero-order valence-electron chi connectivity index (χ0n) is 20.9. The number of aromatic hydroxyl groups is 1. The van der Waals surface area contributed by atoms with Gasteiger partial charge in [-0.1, -0.05) is 48.5 Å². The Morgan fingerprint density at radius 1 is 0.800 bits per heavy atom. The van der Waals surface area contributed by atoms with Crippen LogP contribution in [0.3, 0.4) is 0 Å². The van der Waals surface area contributed by atoms with E-state index in [9.17, 15) is 9.50 Å². The number of phenolic OH excluding ortho intramolecular Hbond substituents is 1. The number of hydrogen-bond donors (Lipinski definition) is 1. The minimum atomic E-state index is -0.179. The number of aryl methyl sites for hydroxylation is 2. The number of rotatable bonds is 4. The molecule has 0 unspecified atom stereocenters. The third-order valence-corrected chi connectivity index (χ3v) is 6.56. The molecule has 3 aromatic carbocycles. The van der Waals surface area contributed by atoms with Crippen molar-refractivity contribution in [3.63, 3.8) is 0 Å². The molecular weight excluding hydrogens is 441 g/mol. The summed E-state index contributed by atoms with van der Waals surface area (Å²) in [7, 11) is 3.35. The number of fused-ring (bicyclic) bond motifs is 1. The maximum Gasteiger partial charge on any atom is 0.159 e. The lowest BCUT2D eigenvalue weighted by molar-refractivity contribution is -0.141. The SMILES string of the molecule is COC(OC)C1CCN(c2cccc(F)c2)CC1.Oc1ccc2c(c1)CCCC2.c1ccccc1. The summed E-state index contributed by atoms with van der Waals surface area (Å²) in [5.41, 5.74) is 3.73. The molecule has 1 aliphatic heterocycles. The Labute approximate surface area is 209 Å². The minimum absolute atomic E-state index is 0.125. The third kappa shape index (κ3) is 8.68. The molecule has 5 heteroatoms. The molecule has 3 aromatic rings. The second-order valence-corrected chi connectivity index (χ2v) is 8.96. The van der Waals surface area contributed by atoms with Crippen LogP contribution in [-0.4, -0.2) is 38.7 Å². The van der Waals surface area contributed by atoms with Gasteiger partial charge in [0.1, 0.15) is 11.6 Å². The number of nitrogens with zero attached hydrogens (tertiary/aromatic N) is 1. The summed E-state index contributed by atoms with van der Waals surface area (Å²) in [6.07, 6.45) is 6.79. The van der Waals surface area contributed by atoms with E-state index < -0.39 is 0 Å². The maximum absolute atomic E-state index is 13.2. The molecule has 1 fully saturated rings. The molecule has 1 aliphatic carbocycles. The number of methoxy groups -OCH3 is 2. The molecule has 5 rings (SSSR count). The van der Waals surface area contributed by atoms with Crippen molar-refractivity contribution < 1.29 is 19.0 Å². The van der Waals surface area contributed by atoms with Crippen molar-refractivity contribution >= 4 is 5.69 Å². The van der Waals surface area contributed by atoms with Gasteiger partial charge in [-0.25, -0.2) is 4.39 Å². The molecule has 0 bridgehead atoms. The number of ether oxygens (including phenoxy) is 2. The van der Waals surface area contributed by atoms with E-state index in [0.29, 0.717) is 11.7 Å². The first-order valence-electron chi connectivity index (χ1n) is 12.5. The van der Waals surface area contributed by atoms with Gasteiger partial charge in [0.2, 0.25) is 0 Å². The molecule has 4 nitrogen and oxygen atoms in total. The number of benzene rings is 3. The van der Waals surface area contributed by atoms with E-state index >= 15 is 0 Å². The summed E-state index contributed by atoms with van der Waals surface area (Å²) in [4.78, 5) is 2.21. The fourth-order valence-corrected chi connectivity index (χ4v) is 4.69. The van der Waals surface area contributed by atoms with Crippen molar-refractivity contribution in [1.29, 1.82) is 0 Å². The average Bonchev–Trinajstić information content (AvgIpc) is 2.91. The quantitative estimate of drug-likeness (QED) is 0.427. The molecule has 188 valence electrons. The van der Waals surface area contributed by atoms with Crippen molar-refractivity contribution in [2.75, 3.05) is 32.2 Å². The largest absolute Gasteiger partial charge is 0.508 e. The first-order valence-corrected chi connectivity index (χ1v) is 12.5. The van der Waals surface area contributed by atoms with Gasteiger partial charge in [-0.05, 0) is 80.0 Å². The van der Waals surface area contributed by atoms with Gasteiger partial charge in [-0.2, -0.15) is 0 Å². The molecule has 0 saturated carbocycles. The molecule has 0 radical (unpaired) electrons. The number of anilines is 1. The van der Waals surface area contributed by atoms with Crippen LogP contribution in [0.25, 0.3) is 0 Å². The summed E-state index contributed by atoms with van der Waals surface area (Å²) in [5, 5.41) is 9.19. The van der Waals surface area contributed by atoms with Gasteiger partial charge >= 0.3 is 0 Å². The van der Waals surface area contributed by atoms with E-state index in [2.05, 4.69) is 4.90 Å². The van der Waals surface area contributed by atoms with Gasteiger partial charge in [0, 0.05) is 38.9 Å². The highest BCUT2D eigenvalue weighted by Gasteiger charge is 2.26. The summed E-state index contributed by atoms with van der Waals surface area (Å²) < 4.78 is 23.8. The summed E-state index contributed by atoms with van der Waals surface area (Å²) >= 11 is 0. The lowest BCUT2D eigenvalue weighted by Crippen LogP contribution is -2.39. The van der Waals surface area contributed by atoms with Gasteiger partial charge in [0.25, 0.3) is 0 Å². The standard InChI is InChI=1S/C14H20FNO2.C10H12O.C6H6/c1-17-14(18-2)11-6-8-16(9-7-11)13-5-3-4-12(15)10-13;11-10-6-5-8-3-1-2-4-9(8)7-10;1-2-4-6-5-3-1/h3-5,10-11,14H,6-9H2,1-2H3;5-7,11H,1-4H2;1-6H. The van der Waals surface area contributed by atoms with Crippen molar-refractivity contribution in [2.24, 2.45) is 5.92 Å². The Kier molecular flexibility index (Phi) is 11.1. The Morgan fingerprint density at radius 2 is 1.40 bits per heavy atom. The molecule has 0 spiro atoms. The predicted molar refractivity (Wildman–Crippen MR) is 140 cm³/mol. The van der Waals surface area contributed by atoms with Gasteiger partial charge in [0.15, 0.2) is 6.29 Å². The van der Waals surface area contributed by atoms with Crippen molar-refractivity contribution in [3.8, 4) is 5.75 Å². The van der Waals surface area contributed by atoms with Crippen LogP contribution in [0.2, 0.25) is 0 Å². The van der Waals surface area contributed by atoms with Crippen molar-refractivity contribution in [2.45, 2.75) is 44.8 Å². The molecule has 0 amide bonds. The van der Waals surface area contributed by atoms with Crippen LogP contribution < -0.4 is 4.90 Å². The Hall–Kier alpha value is -2.89. The zero-order chi connectivity index (χ0) is 24.9. The Morgan fingerprint density at radius 3 is 1.97 bits per heavy atom. The average molecular weight is 480 g/mol. The maximum atomic E-state index is 13.2. The normalized spacial score (nSPS) is 15.4. The van der Waals surface area contributed by atoms with Crippen LogP contribution >= 0.6 is 0 Å². The second kappa shape index (κ2) is 14.5. The summed E-state index contributed by atoms with van der Waals surface area (Å²) in [6.45, 7) is 1.83. The van der Waals surface area contributed by atoms with E-state index in [4.69, 9.17) is 9.47 Å². The van der Waals surface area contributed by atoms with Crippen LogP contribution in [0.5, 0.6) is 5.75 Å². The highest BCUT2D eigenvalue weighted by Crippen LogP contribution is 2.27. The fourth-order valence-electron chi connectivity index (χ4n) is 4.69. The van der Waals surface area contributed by atoms with Crippen LogP contribution in [0, 0.1) is 11.7 Å². The topological polar surface area (TPSA) is 41.9 Å². The van der Waals surface area contributed by atoms with E-state index in [1.807, 2.05) is 54.6 Å². The molecule has 0 atom stereocenters. The molecule has 1 N–H and O–H groups in total. The molecule has 2 aliphatic rings. The van der Waals surface area contributed by atoms with E-state index in [0.717, 1.165) is 38.0 Å². The Bertz CT molecular complexity index is 959. The second-order valence-electron chi connectivity index (χ2n) is 8.96. The lowest BCUT2D eigenvalue weighted by Gasteiger charge is -2.36. The molecule has 1 saturated heterocycles. The van der Waals surface area contributed by atoms with Gasteiger partial charge in [0.05, 0.1) is 0 Å². The zero-order valence-corrected chi connectivity index (χ0v) is 20.9. The molecule has 0 aromatic heterocycles. The monoisotopic (exact) mass is 479 g/mol. The van der Waals surface area contributed by atoms with Gasteiger partial charge < -0.3 is 19.5 Å². The first kappa shape index (κ1) is 26.7. The van der Waals surface area contributed by atoms with E-state index in [1.165, 1.54) is 36.5 Å². The van der Waals surface area contributed by atoms with Crippen LogP contribution in [0.15, 0.2) is 78.9 Å².